The average Bonchev–Trinajstić information content (AvgIpc) is 2.48. The molecule has 0 amide bonds. The summed E-state index contributed by atoms with van der Waals surface area (Å²) >= 11 is 0. The smallest absolute Gasteiger partial charge is 0.190 e. The number of para-hydroxylation sites is 1. The number of hydrogen-bond acceptors (Lipinski definition) is 3. The topological polar surface area (TPSA) is 49.7 Å². The van der Waals surface area contributed by atoms with Crippen LogP contribution in [0.2, 0.25) is 0 Å². The minimum Gasteiger partial charge on any atom is -0.508 e. The number of halogens is 2. The van der Waals surface area contributed by atoms with Gasteiger partial charge in [-0.1, -0.05) is 18.2 Å². The summed E-state index contributed by atoms with van der Waals surface area (Å²) in [6.07, 6.45) is 2.02. The average molecular weight is 308 g/mol. The molecule has 0 aliphatic heterocycles. The van der Waals surface area contributed by atoms with Crippen LogP contribution in [0, 0.1) is 11.6 Å². The van der Waals surface area contributed by atoms with Gasteiger partial charge in [-0.25, -0.2) is 8.78 Å². The number of hydrogen-bond donors (Lipinski definition) is 2. The summed E-state index contributed by atoms with van der Waals surface area (Å²) in [7, 11) is 1.22. The lowest BCUT2D eigenvalue weighted by molar-refractivity contribution is 0.158. The lowest BCUT2D eigenvalue weighted by Gasteiger charge is -2.20. The second-order valence-corrected chi connectivity index (χ2v) is 5.07. The number of phenols is 1. The van der Waals surface area contributed by atoms with Crippen LogP contribution in [0.25, 0.3) is 0 Å². The van der Waals surface area contributed by atoms with Crippen LogP contribution in [0.15, 0.2) is 36.4 Å². The number of aliphatic hydroxyl groups is 1. The van der Waals surface area contributed by atoms with E-state index in [1.807, 2.05) is 12.1 Å². The molecule has 2 N–H and O–H groups in total. The van der Waals surface area contributed by atoms with Crippen molar-refractivity contribution in [1.29, 1.82) is 0 Å². The van der Waals surface area contributed by atoms with E-state index in [2.05, 4.69) is 4.74 Å². The van der Waals surface area contributed by atoms with Gasteiger partial charge in [0.25, 0.3) is 0 Å². The maximum Gasteiger partial charge on any atom is 0.190 e. The first-order valence-corrected chi connectivity index (χ1v) is 6.98. The van der Waals surface area contributed by atoms with Crippen molar-refractivity contribution in [2.75, 3.05) is 7.11 Å². The van der Waals surface area contributed by atoms with Crippen LogP contribution in [0.5, 0.6) is 11.5 Å². The molecule has 1 unspecified atom stereocenters. The third kappa shape index (κ3) is 3.74. The van der Waals surface area contributed by atoms with Crippen molar-refractivity contribution in [3.05, 3.63) is 59.2 Å². The van der Waals surface area contributed by atoms with Crippen molar-refractivity contribution in [2.24, 2.45) is 0 Å². The van der Waals surface area contributed by atoms with E-state index in [0.29, 0.717) is 12.2 Å². The minimum atomic E-state index is -0.678. The molecule has 0 saturated heterocycles. The zero-order chi connectivity index (χ0) is 16.1. The zero-order valence-electron chi connectivity index (χ0n) is 12.2. The summed E-state index contributed by atoms with van der Waals surface area (Å²) in [4.78, 5) is 0. The Hall–Kier alpha value is -2.14. The van der Waals surface area contributed by atoms with Crippen molar-refractivity contribution < 1.29 is 23.7 Å². The Bertz CT molecular complexity index is 624. The lowest BCUT2D eigenvalue weighted by Crippen LogP contribution is -2.18. The molecule has 0 fully saturated rings. The van der Waals surface area contributed by atoms with Crippen LogP contribution in [-0.4, -0.2) is 23.4 Å². The summed E-state index contributed by atoms with van der Waals surface area (Å²) in [5, 5.41) is 18.8. The van der Waals surface area contributed by atoms with Gasteiger partial charge in [-0.3, -0.25) is 0 Å². The van der Waals surface area contributed by atoms with Crippen LogP contribution in [0.1, 0.15) is 17.5 Å². The van der Waals surface area contributed by atoms with Crippen LogP contribution in [-0.2, 0) is 12.8 Å². The molecule has 1 aliphatic rings. The molecule has 2 aromatic carbocycles. The van der Waals surface area contributed by atoms with Gasteiger partial charge in [-0.05, 0) is 48.6 Å². The van der Waals surface area contributed by atoms with Gasteiger partial charge < -0.3 is 14.9 Å². The number of fused-ring (bicyclic) bond motifs is 1. The monoisotopic (exact) mass is 308 g/mol. The Balaban J connectivity index is 0.000000164. The molecule has 0 radical (unpaired) electrons. The summed E-state index contributed by atoms with van der Waals surface area (Å²) < 4.78 is 29.4. The van der Waals surface area contributed by atoms with E-state index < -0.39 is 11.6 Å². The number of benzene rings is 2. The fourth-order valence-electron chi connectivity index (χ4n) is 2.45. The first kappa shape index (κ1) is 16.2. The first-order chi connectivity index (χ1) is 10.5. The molecule has 118 valence electrons. The van der Waals surface area contributed by atoms with E-state index in [1.165, 1.54) is 13.2 Å². The van der Waals surface area contributed by atoms with Crippen LogP contribution >= 0.6 is 0 Å². The zero-order valence-corrected chi connectivity index (χ0v) is 12.2. The number of ether oxygens (including phenoxy) is 1. The molecule has 1 aliphatic carbocycles. The third-order valence-corrected chi connectivity index (χ3v) is 3.55. The van der Waals surface area contributed by atoms with Crippen molar-refractivity contribution >= 4 is 0 Å². The van der Waals surface area contributed by atoms with Crippen LogP contribution in [0.4, 0.5) is 8.78 Å². The maximum atomic E-state index is 12.5. The van der Waals surface area contributed by atoms with E-state index >= 15 is 0 Å². The highest BCUT2D eigenvalue weighted by Crippen LogP contribution is 2.28. The van der Waals surface area contributed by atoms with Crippen molar-refractivity contribution in [2.45, 2.75) is 25.4 Å². The van der Waals surface area contributed by atoms with Crippen LogP contribution in [0.3, 0.4) is 0 Å². The van der Waals surface area contributed by atoms with Crippen LogP contribution < -0.4 is 4.74 Å². The molecule has 0 bridgehead atoms. The Kier molecular flexibility index (Phi) is 5.33. The van der Waals surface area contributed by atoms with Gasteiger partial charge in [0.2, 0.25) is 0 Å². The molecule has 0 aromatic heterocycles. The molecule has 5 heteroatoms. The molecule has 1 atom stereocenters. The summed E-state index contributed by atoms with van der Waals surface area (Å²) in [6.45, 7) is 0. The lowest BCUT2D eigenvalue weighted by atomic mass is 9.89. The Morgan fingerprint density at radius 3 is 2.32 bits per heavy atom. The minimum absolute atomic E-state index is 0.223. The summed E-state index contributed by atoms with van der Waals surface area (Å²) in [6, 6.07) is 9.07. The Morgan fingerprint density at radius 2 is 1.73 bits per heavy atom. The second-order valence-electron chi connectivity index (χ2n) is 5.07. The SMILES string of the molecule is COc1c(F)cccc1F.Oc1cccc2c1CCC(O)C2. The maximum absolute atomic E-state index is 12.5. The normalized spacial score (nSPS) is 16.3. The van der Waals surface area contributed by atoms with Crippen molar-refractivity contribution in [1.82, 2.24) is 0 Å². The van der Waals surface area contributed by atoms with E-state index in [4.69, 9.17) is 0 Å². The van der Waals surface area contributed by atoms with Crippen molar-refractivity contribution in [3.63, 3.8) is 0 Å². The molecule has 22 heavy (non-hydrogen) atoms. The third-order valence-electron chi connectivity index (χ3n) is 3.55. The first-order valence-electron chi connectivity index (χ1n) is 6.98. The van der Waals surface area contributed by atoms with Gasteiger partial charge in [0.15, 0.2) is 17.4 Å². The summed E-state index contributed by atoms with van der Waals surface area (Å²) in [5.74, 6) is -1.31. The van der Waals surface area contributed by atoms with Gasteiger partial charge in [-0.2, -0.15) is 0 Å². The molecule has 0 heterocycles. The highest BCUT2D eigenvalue weighted by atomic mass is 19.1. The quantitative estimate of drug-likeness (QED) is 0.850. The molecule has 0 saturated carbocycles. The number of aliphatic hydroxyl groups excluding tert-OH is 1. The number of phenolic OH excluding ortho intramolecular Hbond substituents is 1. The van der Waals surface area contributed by atoms with E-state index in [-0.39, 0.29) is 11.9 Å². The fraction of sp³-hybridized carbons (Fsp3) is 0.294. The van der Waals surface area contributed by atoms with Gasteiger partial charge >= 0.3 is 0 Å². The Morgan fingerprint density at radius 1 is 1.09 bits per heavy atom. The molecule has 2 aromatic rings. The molecular formula is C17H18F2O3. The number of aromatic hydroxyl groups is 1. The fourth-order valence-corrected chi connectivity index (χ4v) is 2.45. The number of rotatable bonds is 1. The molecule has 3 nitrogen and oxygen atoms in total. The second kappa shape index (κ2) is 7.22. The van der Waals surface area contributed by atoms with Gasteiger partial charge in [-0.15, -0.1) is 0 Å². The van der Waals surface area contributed by atoms with E-state index in [0.717, 1.165) is 36.1 Å². The Labute approximate surface area is 127 Å². The molecule has 0 spiro atoms. The predicted octanol–water partition coefficient (Wildman–Crippen LogP) is 3.22. The largest absolute Gasteiger partial charge is 0.508 e. The highest BCUT2D eigenvalue weighted by molar-refractivity contribution is 5.41. The molecular weight excluding hydrogens is 290 g/mol. The van der Waals surface area contributed by atoms with Crippen molar-refractivity contribution in [3.8, 4) is 11.5 Å². The summed E-state index contributed by atoms with van der Waals surface area (Å²) in [5.41, 5.74) is 2.11. The van der Waals surface area contributed by atoms with E-state index in [9.17, 15) is 19.0 Å². The van der Waals surface area contributed by atoms with Gasteiger partial charge in [0.1, 0.15) is 5.75 Å². The van der Waals surface area contributed by atoms with Gasteiger partial charge in [0.05, 0.1) is 13.2 Å². The highest BCUT2D eigenvalue weighted by Gasteiger charge is 2.18. The van der Waals surface area contributed by atoms with E-state index in [1.54, 1.807) is 6.07 Å². The standard InChI is InChI=1S/C10H12O2.C7H6F2O/c11-8-4-5-9-7(6-8)2-1-3-10(9)12;1-10-7-5(8)3-2-4-6(7)9/h1-3,8,11-12H,4-6H2;2-4H,1H3. The predicted molar refractivity (Wildman–Crippen MR) is 79.0 cm³/mol. The number of methoxy groups -OCH3 is 1. The van der Waals surface area contributed by atoms with Gasteiger partial charge in [0, 0.05) is 0 Å². The molecule has 3 rings (SSSR count).